The van der Waals surface area contributed by atoms with E-state index in [4.69, 9.17) is 10.5 Å². The summed E-state index contributed by atoms with van der Waals surface area (Å²) in [4.78, 5) is 24.8. The van der Waals surface area contributed by atoms with Crippen molar-refractivity contribution >= 4 is 55.2 Å². The minimum Gasteiger partial charge on any atom is -0.484 e. The number of hydrogen-bond acceptors (Lipinski definition) is 7. The number of nitrogens with one attached hydrogen (secondary N) is 1. The Bertz CT molecular complexity index is 1200. The van der Waals surface area contributed by atoms with Crippen LogP contribution in [0.1, 0.15) is 20.8 Å². The number of nitrogens with zero attached hydrogens (tertiary/aromatic N) is 1. The van der Waals surface area contributed by atoms with Crippen molar-refractivity contribution in [2.75, 3.05) is 23.3 Å². The Balaban J connectivity index is 1.63. The molecule has 0 bridgehead atoms. The number of carbonyl (C=O) groups excluding carboxylic acids is 2. The molecule has 2 aromatic heterocycles. The van der Waals surface area contributed by atoms with Gasteiger partial charge in [-0.15, -0.1) is 22.7 Å². The lowest BCUT2D eigenvalue weighted by Crippen LogP contribution is -2.25. The number of amides is 2. The third kappa shape index (κ3) is 4.89. The van der Waals surface area contributed by atoms with E-state index in [0.717, 1.165) is 21.8 Å². The van der Waals surface area contributed by atoms with Crippen LogP contribution in [0.3, 0.4) is 0 Å². The SMILES string of the molecule is Cc1sc(NC(=O)COc2ccc(N(C)S(=O)(=O)c3cccs3)cc2)c(C(N)=O)c1C. The summed E-state index contributed by atoms with van der Waals surface area (Å²) < 4.78 is 32.1. The van der Waals surface area contributed by atoms with Gasteiger partial charge in [-0.1, -0.05) is 6.07 Å². The average molecular weight is 480 g/mol. The fourth-order valence-electron chi connectivity index (χ4n) is 2.76. The van der Waals surface area contributed by atoms with E-state index >= 15 is 0 Å². The normalized spacial score (nSPS) is 11.2. The van der Waals surface area contributed by atoms with Gasteiger partial charge in [0.15, 0.2) is 6.61 Å². The van der Waals surface area contributed by atoms with Crippen LogP contribution in [-0.2, 0) is 14.8 Å². The van der Waals surface area contributed by atoms with Crippen LogP contribution in [0.4, 0.5) is 10.7 Å². The summed E-state index contributed by atoms with van der Waals surface area (Å²) in [7, 11) is -2.15. The van der Waals surface area contributed by atoms with E-state index < -0.39 is 21.8 Å². The molecule has 31 heavy (non-hydrogen) atoms. The first kappa shape index (κ1) is 22.8. The quantitative estimate of drug-likeness (QED) is 0.513. The van der Waals surface area contributed by atoms with E-state index in [-0.39, 0.29) is 10.8 Å². The van der Waals surface area contributed by atoms with E-state index in [0.29, 0.717) is 22.0 Å². The molecule has 0 fully saturated rings. The first-order chi connectivity index (χ1) is 14.6. The highest BCUT2D eigenvalue weighted by molar-refractivity contribution is 7.94. The Morgan fingerprint density at radius 2 is 1.84 bits per heavy atom. The average Bonchev–Trinajstić information content (AvgIpc) is 3.35. The summed E-state index contributed by atoms with van der Waals surface area (Å²) in [6.07, 6.45) is 0. The van der Waals surface area contributed by atoms with Crippen LogP contribution in [0, 0.1) is 13.8 Å². The molecule has 0 aliphatic carbocycles. The van der Waals surface area contributed by atoms with Gasteiger partial charge in [0, 0.05) is 11.9 Å². The van der Waals surface area contributed by atoms with Crippen molar-refractivity contribution in [1.82, 2.24) is 0 Å². The molecule has 0 unspecified atom stereocenters. The Labute approximate surface area is 188 Å². The van der Waals surface area contributed by atoms with Crippen molar-refractivity contribution in [3.63, 3.8) is 0 Å². The first-order valence-electron chi connectivity index (χ1n) is 9.06. The first-order valence-corrected chi connectivity index (χ1v) is 12.2. The summed E-state index contributed by atoms with van der Waals surface area (Å²) in [5, 5.41) is 4.75. The van der Waals surface area contributed by atoms with Gasteiger partial charge in [0.05, 0.1) is 11.3 Å². The van der Waals surface area contributed by atoms with E-state index in [1.54, 1.807) is 48.7 Å². The molecule has 0 atom stereocenters. The number of carbonyl (C=O) groups is 2. The number of ether oxygens (including phenoxy) is 1. The van der Waals surface area contributed by atoms with Crippen LogP contribution in [0.5, 0.6) is 5.75 Å². The number of thiophene rings is 2. The summed E-state index contributed by atoms with van der Waals surface area (Å²) in [5.41, 5.74) is 6.91. The minimum atomic E-state index is -3.62. The molecule has 11 heteroatoms. The number of nitrogens with two attached hydrogens (primary N) is 1. The monoisotopic (exact) mass is 479 g/mol. The standard InChI is InChI=1S/C20H21N3O5S3/c1-12-13(2)30-20(18(12)19(21)25)22-16(24)11-28-15-8-6-14(7-9-15)23(3)31(26,27)17-5-4-10-29-17/h4-10H,11H2,1-3H3,(H2,21,25)(H,22,24). The largest absolute Gasteiger partial charge is 0.484 e. The van der Waals surface area contributed by atoms with Gasteiger partial charge < -0.3 is 15.8 Å². The highest BCUT2D eigenvalue weighted by Crippen LogP contribution is 2.32. The van der Waals surface area contributed by atoms with Crippen LogP contribution in [-0.4, -0.2) is 33.9 Å². The van der Waals surface area contributed by atoms with Gasteiger partial charge in [-0.2, -0.15) is 0 Å². The fraction of sp³-hybridized carbons (Fsp3) is 0.200. The summed E-state index contributed by atoms with van der Waals surface area (Å²) in [6, 6.07) is 9.57. The van der Waals surface area contributed by atoms with Crippen molar-refractivity contribution in [1.29, 1.82) is 0 Å². The summed E-state index contributed by atoms with van der Waals surface area (Å²) >= 11 is 2.42. The number of anilines is 2. The number of hydrogen-bond donors (Lipinski definition) is 2. The van der Waals surface area contributed by atoms with E-state index in [1.165, 1.54) is 22.7 Å². The Morgan fingerprint density at radius 1 is 1.16 bits per heavy atom. The van der Waals surface area contributed by atoms with Gasteiger partial charge in [-0.3, -0.25) is 13.9 Å². The highest BCUT2D eigenvalue weighted by Gasteiger charge is 2.22. The molecule has 2 amide bonds. The zero-order valence-electron chi connectivity index (χ0n) is 17.0. The van der Waals surface area contributed by atoms with Gasteiger partial charge in [-0.05, 0) is 55.1 Å². The zero-order valence-corrected chi connectivity index (χ0v) is 19.5. The van der Waals surface area contributed by atoms with Gasteiger partial charge in [0.1, 0.15) is 15.0 Å². The molecule has 0 spiro atoms. The number of sulfonamides is 1. The molecule has 3 aromatic rings. The summed E-state index contributed by atoms with van der Waals surface area (Å²) in [6.45, 7) is 3.34. The molecule has 3 N–H and O–H groups in total. The zero-order chi connectivity index (χ0) is 22.8. The van der Waals surface area contributed by atoms with Crippen molar-refractivity contribution in [2.24, 2.45) is 5.73 Å². The number of rotatable bonds is 8. The molecule has 164 valence electrons. The smallest absolute Gasteiger partial charge is 0.273 e. The topological polar surface area (TPSA) is 119 Å². The van der Waals surface area contributed by atoms with Crippen LogP contribution >= 0.6 is 22.7 Å². The maximum atomic E-state index is 12.6. The lowest BCUT2D eigenvalue weighted by atomic mass is 10.1. The van der Waals surface area contributed by atoms with Gasteiger partial charge in [0.2, 0.25) is 0 Å². The van der Waals surface area contributed by atoms with E-state index in [1.807, 2.05) is 6.92 Å². The molecule has 0 saturated carbocycles. The third-order valence-corrected chi connectivity index (χ3v) is 8.85. The molecule has 0 radical (unpaired) electrons. The van der Waals surface area contributed by atoms with Crippen LogP contribution < -0.4 is 20.1 Å². The van der Waals surface area contributed by atoms with Crippen molar-refractivity contribution in [3.8, 4) is 5.75 Å². The minimum absolute atomic E-state index is 0.251. The fourth-order valence-corrected chi connectivity index (χ4v) is 6.20. The maximum Gasteiger partial charge on any atom is 0.273 e. The Morgan fingerprint density at radius 3 is 2.42 bits per heavy atom. The molecule has 0 saturated heterocycles. The van der Waals surface area contributed by atoms with Crippen LogP contribution in [0.15, 0.2) is 46.0 Å². The highest BCUT2D eigenvalue weighted by atomic mass is 32.2. The lowest BCUT2D eigenvalue weighted by Gasteiger charge is -2.18. The second-order valence-corrected chi connectivity index (χ2v) is 11.0. The predicted molar refractivity (Wildman–Crippen MR) is 123 cm³/mol. The van der Waals surface area contributed by atoms with Gasteiger partial charge in [-0.25, -0.2) is 8.42 Å². The van der Waals surface area contributed by atoms with E-state index in [9.17, 15) is 18.0 Å². The Kier molecular flexibility index (Phi) is 6.68. The van der Waals surface area contributed by atoms with Crippen LogP contribution in [0.2, 0.25) is 0 Å². The molecular weight excluding hydrogens is 458 g/mol. The van der Waals surface area contributed by atoms with Crippen molar-refractivity contribution < 1.29 is 22.7 Å². The predicted octanol–water partition coefficient (Wildman–Crippen LogP) is 3.37. The maximum absolute atomic E-state index is 12.6. The van der Waals surface area contributed by atoms with Gasteiger partial charge >= 0.3 is 0 Å². The molecule has 8 nitrogen and oxygen atoms in total. The molecule has 0 aliphatic rings. The number of aryl methyl sites for hydroxylation is 1. The molecular formula is C20H21N3O5S3. The van der Waals surface area contributed by atoms with Crippen molar-refractivity contribution in [3.05, 3.63) is 57.8 Å². The van der Waals surface area contributed by atoms with E-state index in [2.05, 4.69) is 5.32 Å². The molecule has 3 rings (SSSR count). The Hall–Kier alpha value is -2.89. The lowest BCUT2D eigenvalue weighted by molar-refractivity contribution is -0.118. The number of benzene rings is 1. The molecule has 0 aliphatic heterocycles. The van der Waals surface area contributed by atoms with Gasteiger partial charge in [0.25, 0.3) is 21.8 Å². The molecule has 2 heterocycles. The number of primary amides is 1. The molecule has 1 aromatic carbocycles. The second kappa shape index (κ2) is 9.08. The third-order valence-electron chi connectivity index (χ3n) is 4.56. The van der Waals surface area contributed by atoms with Crippen molar-refractivity contribution in [2.45, 2.75) is 18.1 Å². The van der Waals surface area contributed by atoms with Crippen LogP contribution in [0.25, 0.3) is 0 Å². The summed E-state index contributed by atoms with van der Waals surface area (Å²) in [5.74, 6) is -0.644. The second-order valence-electron chi connectivity index (χ2n) is 6.59.